The summed E-state index contributed by atoms with van der Waals surface area (Å²) < 4.78 is 23.2. The van der Waals surface area contributed by atoms with Crippen molar-refractivity contribution in [2.45, 2.75) is 18.9 Å². The fraction of sp³-hybridized carbons (Fsp3) is 0.462. The van der Waals surface area contributed by atoms with Crippen molar-refractivity contribution in [1.82, 2.24) is 9.80 Å². The molecule has 0 radical (unpaired) electrons. The van der Waals surface area contributed by atoms with Gasteiger partial charge < -0.3 is 28.7 Å². The minimum Gasteiger partial charge on any atom is -0.494 e. The highest BCUT2D eigenvalue weighted by Gasteiger charge is 2.42. The van der Waals surface area contributed by atoms with Gasteiger partial charge in [-0.25, -0.2) is 0 Å². The largest absolute Gasteiger partial charge is 0.494 e. The Morgan fingerprint density at radius 2 is 1.69 bits per heavy atom. The second-order valence-electron chi connectivity index (χ2n) is 8.64. The van der Waals surface area contributed by atoms with Crippen LogP contribution in [0.3, 0.4) is 0 Å². The maximum Gasteiger partial charge on any atom is 0.254 e. The molecule has 4 rings (SSSR count). The highest BCUT2D eigenvalue weighted by Crippen LogP contribution is 2.28. The molecule has 0 spiro atoms. The van der Waals surface area contributed by atoms with Crippen LogP contribution < -0.4 is 9.47 Å². The van der Waals surface area contributed by atoms with Crippen molar-refractivity contribution in [3.8, 4) is 11.5 Å². The average Bonchev–Trinajstić information content (AvgIpc) is 2.88. The van der Waals surface area contributed by atoms with Gasteiger partial charge in [-0.15, -0.1) is 0 Å². The summed E-state index contributed by atoms with van der Waals surface area (Å²) in [6.07, 6.45) is 0.0936. The molecular formula is C26H31ClN2O6. The van der Waals surface area contributed by atoms with E-state index in [-0.39, 0.29) is 31.4 Å². The summed E-state index contributed by atoms with van der Waals surface area (Å²) >= 11 is 6.11. The SMILES string of the molecule is CCOc1cccc(C(=O)N2CCO[C@@](COc3cccc(Cl)c3)(CC(=O)N3CCOCC3)C2)c1. The summed E-state index contributed by atoms with van der Waals surface area (Å²) in [6, 6.07) is 14.2. The van der Waals surface area contributed by atoms with Gasteiger partial charge >= 0.3 is 0 Å². The average molecular weight is 503 g/mol. The zero-order chi connectivity index (χ0) is 24.7. The number of hydrogen-bond acceptors (Lipinski definition) is 6. The molecule has 0 bridgehead atoms. The van der Waals surface area contributed by atoms with E-state index in [1.54, 1.807) is 52.3 Å². The zero-order valence-corrected chi connectivity index (χ0v) is 20.7. The fourth-order valence-corrected chi connectivity index (χ4v) is 4.48. The van der Waals surface area contributed by atoms with Crippen LogP contribution >= 0.6 is 11.6 Å². The van der Waals surface area contributed by atoms with E-state index in [0.29, 0.717) is 68.1 Å². The molecule has 1 atom stereocenters. The molecule has 2 saturated heterocycles. The van der Waals surface area contributed by atoms with Crippen molar-refractivity contribution in [3.05, 3.63) is 59.1 Å². The first-order chi connectivity index (χ1) is 17.0. The predicted octanol–water partition coefficient (Wildman–Crippen LogP) is 3.28. The number of carbonyl (C=O) groups excluding carboxylic acids is 2. The molecule has 2 aromatic rings. The molecule has 0 N–H and O–H groups in total. The van der Waals surface area contributed by atoms with Crippen LogP contribution in [0.25, 0.3) is 0 Å². The van der Waals surface area contributed by atoms with Crippen molar-refractivity contribution >= 4 is 23.4 Å². The molecule has 8 nitrogen and oxygen atoms in total. The number of halogens is 1. The molecule has 2 aliphatic rings. The zero-order valence-electron chi connectivity index (χ0n) is 19.9. The Balaban J connectivity index is 1.53. The third-order valence-corrected chi connectivity index (χ3v) is 6.30. The Bertz CT molecular complexity index is 1030. The Morgan fingerprint density at radius 1 is 0.971 bits per heavy atom. The number of carbonyl (C=O) groups is 2. The first-order valence-corrected chi connectivity index (χ1v) is 12.3. The van der Waals surface area contributed by atoms with Gasteiger partial charge in [0.05, 0.1) is 39.4 Å². The lowest BCUT2D eigenvalue weighted by Crippen LogP contribution is -2.58. The van der Waals surface area contributed by atoms with Crippen LogP contribution in [-0.2, 0) is 14.3 Å². The van der Waals surface area contributed by atoms with Crippen molar-refractivity contribution in [1.29, 1.82) is 0 Å². The number of amides is 2. The molecule has 0 saturated carbocycles. The molecule has 9 heteroatoms. The molecular weight excluding hydrogens is 472 g/mol. The van der Waals surface area contributed by atoms with Gasteiger partial charge in [0.2, 0.25) is 5.91 Å². The quantitative estimate of drug-likeness (QED) is 0.551. The third-order valence-electron chi connectivity index (χ3n) is 6.06. The number of nitrogens with zero attached hydrogens (tertiary/aromatic N) is 2. The van der Waals surface area contributed by atoms with Crippen molar-refractivity contribution in [2.24, 2.45) is 0 Å². The molecule has 2 aliphatic heterocycles. The van der Waals surface area contributed by atoms with Crippen molar-refractivity contribution in [3.63, 3.8) is 0 Å². The summed E-state index contributed by atoms with van der Waals surface area (Å²) in [5.74, 6) is 1.04. The standard InChI is InChI=1S/C26H31ClN2O6/c1-2-33-22-7-3-5-20(15-22)25(31)29-11-14-35-26(18-29,17-24(30)28-9-12-32-13-10-28)19-34-23-8-4-6-21(27)16-23/h3-8,15-16H,2,9-14,17-19H2,1H3/t26-/m0/s1. The van der Waals surface area contributed by atoms with E-state index in [9.17, 15) is 9.59 Å². The molecule has 0 aliphatic carbocycles. The van der Waals surface area contributed by atoms with Crippen LogP contribution in [0.1, 0.15) is 23.7 Å². The highest BCUT2D eigenvalue weighted by molar-refractivity contribution is 6.30. The van der Waals surface area contributed by atoms with E-state index in [1.165, 1.54) is 0 Å². The molecule has 2 fully saturated rings. The Hall–Kier alpha value is -2.81. The molecule has 2 heterocycles. The van der Waals surface area contributed by atoms with Crippen molar-refractivity contribution < 1.29 is 28.5 Å². The molecule has 2 aromatic carbocycles. The van der Waals surface area contributed by atoms with E-state index in [0.717, 1.165) is 0 Å². The highest BCUT2D eigenvalue weighted by atomic mass is 35.5. The van der Waals surface area contributed by atoms with Crippen LogP contribution in [-0.4, -0.2) is 86.4 Å². The second-order valence-corrected chi connectivity index (χ2v) is 9.07. The van der Waals surface area contributed by atoms with Crippen LogP contribution in [0.4, 0.5) is 0 Å². The van der Waals surface area contributed by atoms with Crippen LogP contribution in [0.15, 0.2) is 48.5 Å². The molecule has 35 heavy (non-hydrogen) atoms. The van der Waals surface area contributed by atoms with Gasteiger partial charge in [-0.3, -0.25) is 9.59 Å². The lowest BCUT2D eigenvalue weighted by molar-refractivity contribution is -0.155. The number of hydrogen-bond donors (Lipinski definition) is 0. The Labute approximate surface area is 210 Å². The first-order valence-electron chi connectivity index (χ1n) is 11.9. The van der Waals surface area contributed by atoms with Crippen LogP contribution in [0.5, 0.6) is 11.5 Å². The summed E-state index contributed by atoms with van der Waals surface area (Å²) in [7, 11) is 0. The van der Waals surface area contributed by atoms with E-state index in [1.807, 2.05) is 13.0 Å². The number of benzene rings is 2. The summed E-state index contributed by atoms with van der Waals surface area (Å²) in [6.45, 7) is 5.56. The number of rotatable bonds is 8. The Morgan fingerprint density at radius 3 is 2.43 bits per heavy atom. The van der Waals surface area contributed by atoms with Crippen molar-refractivity contribution in [2.75, 3.05) is 59.2 Å². The smallest absolute Gasteiger partial charge is 0.254 e. The molecule has 188 valence electrons. The normalized spacial score (nSPS) is 20.4. The number of morpholine rings is 2. The van der Waals surface area contributed by atoms with Gasteiger partial charge in [0.25, 0.3) is 5.91 Å². The monoisotopic (exact) mass is 502 g/mol. The van der Waals surface area contributed by atoms with Gasteiger partial charge in [-0.1, -0.05) is 23.7 Å². The molecule has 0 unspecified atom stereocenters. The van der Waals surface area contributed by atoms with E-state index in [2.05, 4.69) is 0 Å². The topological polar surface area (TPSA) is 77.5 Å². The third kappa shape index (κ3) is 6.66. The molecule has 0 aromatic heterocycles. The maximum atomic E-state index is 13.4. The lowest BCUT2D eigenvalue weighted by atomic mass is 9.96. The van der Waals surface area contributed by atoms with Gasteiger partial charge in [0.15, 0.2) is 0 Å². The van der Waals surface area contributed by atoms with Crippen LogP contribution in [0.2, 0.25) is 5.02 Å². The lowest BCUT2D eigenvalue weighted by Gasteiger charge is -2.43. The minimum absolute atomic E-state index is 0.0457. The summed E-state index contributed by atoms with van der Waals surface area (Å²) in [4.78, 5) is 30.1. The molecule has 2 amide bonds. The van der Waals surface area contributed by atoms with Crippen LogP contribution in [0, 0.1) is 0 Å². The summed E-state index contributed by atoms with van der Waals surface area (Å²) in [5, 5.41) is 0.552. The Kier molecular flexibility index (Phi) is 8.49. The van der Waals surface area contributed by atoms with Gasteiger partial charge in [-0.2, -0.15) is 0 Å². The van der Waals surface area contributed by atoms with Gasteiger partial charge in [0, 0.05) is 30.2 Å². The predicted molar refractivity (Wildman–Crippen MR) is 131 cm³/mol. The van der Waals surface area contributed by atoms with E-state index in [4.69, 9.17) is 30.5 Å². The maximum absolute atomic E-state index is 13.4. The summed E-state index contributed by atoms with van der Waals surface area (Å²) in [5.41, 5.74) is -0.467. The second kappa shape index (κ2) is 11.7. The van der Waals surface area contributed by atoms with Gasteiger partial charge in [0.1, 0.15) is 23.7 Å². The van der Waals surface area contributed by atoms with Gasteiger partial charge in [-0.05, 0) is 43.3 Å². The number of ether oxygens (including phenoxy) is 4. The fourth-order valence-electron chi connectivity index (χ4n) is 4.30. The van der Waals surface area contributed by atoms with E-state index >= 15 is 0 Å². The van der Waals surface area contributed by atoms with E-state index < -0.39 is 5.60 Å². The first kappa shape index (κ1) is 25.3. The minimum atomic E-state index is -0.997.